The van der Waals surface area contributed by atoms with E-state index in [4.69, 9.17) is 23.2 Å². The van der Waals surface area contributed by atoms with Gasteiger partial charge in [0, 0.05) is 21.0 Å². The number of benzene rings is 3. The van der Waals surface area contributed by atoms with Crippen molar-refractivity contribution in [2.24, 2.45) is 0 Å². The van der Waals surface area contributed by atoms with Crippen LogP contribution in [0, 0.1) is 5.82 Å². The number of hydrogen-bond donors (Lipinski definition) is 0. The molecule has 0 aliphatic heterocycles. The van der Waals surface area contributed by atoms with Crippen molar-refractivity contribution in [3.8, 4) is 0 Å². The van der Waals surface area contributed by atoms with Gasteiger partial charge in [0.2, 0.25) is 0 Å². The van der Waals surface area contributed by atoms with Gasteiger partial charge in [0.1, 0.15) is 5.82 Å². The number of ketones is 1. The zero-order chi connectivity index (χ0) is 15.0. The number of carbonyl (C=O) groups is 1. The molecule has 0 N–H and O–H groups in total. The van der Waals surface area contributed by atoms with Gasteiger partial charge in [-0.3, -0.25) is 4.79 Å². The van der Waals surface area contributed by atoms with Crippen LogP contribution >= 0.6 is 23.2 Å². The van der Waals surface area contributed by atoms with E-state index in [1.165, 1.54) is 18.2 Å². The highest BCUT2D eigenvalue weighted by Gasteiger charge is 2.17. The topological polar surface area (TPSA) is 17.1 Å². The Kier molecular flexibility index (Phi) is 3.66. The van der Waals surface area contributed by atoms with Gasteiger partial charge in [0.05, 0.1) is 5.56 Å². The Bertz CT molecular complexity index is 859. The van der Waals surface area contributed by atoms with Crippen molar-refractivity contribution < 1.29 is 9.18 Å². The summed E-state index contributed by atoms with van der Waals surface area (Å²) >= 11 is 12.0. The van der Waals surface area contributed by atoms with Crippen molar-refractivity contribution in [3.05, 3.63) is 81.6 Å². The first-order valence-corrected chi connectivity index (χ1v) is 7.00. The minimum atomic E-state index is -0.594. The number of carbonyl (C=O) groups excluding carboxylic acids is 1. The second-order valence-corrected chi connectivity index (χ2v) is 5.44. The van der Waals surface area contributed by atoms with E-state index in [9.17, 15) is 9.18 Å². The fourth-order valence-corrected chi connectivity index (χ4v) is 2.68. The number of hydrogen-bond acceptors (Lipinski definition) is 1. The van der Waals surface area contributed by atoms with E-state index in [1.54, 1.807) is 18.2 Å². The maximum atomic E-state index is 13.9. The van der Waals surface area contributed by atoms with Crippen molar-refractivity contribution in [2.75, 3.05) is 0 Å². The van der Waals surface area contributed by atoms with E-state index in [-0.39, 0.29) is 5.56 Å². The van der Waals surface area contributed by atoms with Gasteiger partial charge < -0.3 is 0 Å². The van der Waals surface area contributed by atoms with E-state index in [2.05, 4.69) is 0 Å². The summed E-state index contributed by atoms with van der Waals surface area (Å²) in [5.74, 6) is -1.01. The van der Waals surface area contributed by atoms with Gasteiger partial charge in [-0.25, -0.2) is 4.39 Å². The standard InChI is InChI=1S/C17H9Cl2FO/c18-10-5-8-16(20)14(9-10)17(21)13-6-7-15(19)12-4-2-1-3-11(12)13/h1-9H. The van der Waals surface area contributed by atoms with Crippen LogP contribution in [-0.4, -0.2) is 5.78 Å². The molecule has 0 aliphatic carbocycles. The molecule has 4 heteroatoms. The molecule has 0 atom stereocenters. The minimum Gasteiger partial charge on any atom is -0.288 e. The van der Waals surface area contributed by atoms with Crippen LogP contribution in [-0.2, 0) is 0 Å². The first-order valence-electron chi connectivity index (χ1n) is 6.25. The second-order valence-electron chi connectivity index (χ2n) is 4.59. The van der Waals surface area contributed by atoms with Crippen LogP contribution in [0.4, 0.5) is 4.39 Å². The van der Waals surface area contributed by atoms with Crippen molar-refractivity contribution in [1.29, 1.82) is 0 Å². The van der Waals surface area contributed by atoms with Crippen molar-refractivity contribution >= 4 is 39.8 Å². The molecule has 0 amide bonds. The molecule has 0 radical (unpaired) electrons. The molecule has 0 aliphatic rings. The monoisotopic (exact) mass is 318 g/mol. The van der Waals surface area contributed by atoms with E-state index in [0.717, 1.165) is 5.39 Å². The molecule has 3 aromatic carbocycles. The third-order valence-corrected chi connectivity index (χ3v) is 3.85. The Hall–Kier alpha value is -1.90. The maximum Gasteiger partial charge on any atom is 0.196 e. The summed E-state index contributed by atoms with van der Waals surface area (Å²) in [6.45, 7) is 0. The van der Waals surface area contributed by atoms with Crippen molar-refractivity contribution in [3.63, 3.8) is 0 Å². The Morgan fingerprint density at radius 2 is 1.57 bits per heavy atom. The number of halogens is 3. The molecule has 0 heterocycles. The summed E-state index contributed by atoms with van der Waals surface area (Å²) in [4.78, 5) is 12.6. The Morgan fingerprint density at radius 1 is 0.857 bits per heavy atom. The van der Waals surface area contributed by atoms with E-state index < -0.39 is 11.6 Å². The van der Waals surface area contributed by atoms with Gasteiger partial charge in [0.15, 0.2) is 5.78 Å². The largest absolute Gasteiger partial charge is 0.288 e. The highest BCUT2D eigenvalue weighted by atomic mass is 35.5. The molecule has 3 rings (SSSR count). The van der Waals surface area contributed by atoms with Gasteiger partial charge in [-0.1, -0.05) is 47.5 Å². The summed E-state index contributed by atoms with van der Waals surface area (Å²) in [7, 11) is 0. The second kappa shape index (κ2) is 5.47. The molecule has 21 heavy (non-hydrogen) atoms. The molecule has 0 spiro atoms. The molecule has 0 unspecified atom stereocenters. The highest BCUT2D eigenvalue weighted by molar-refractivity contribution is 6.36. The Labute approximate surface area is 130 Å². The van der Waals surface area contributed by atoms with Gasteiger partial charge in [-0.2, -0.15) is 0 Å². The van der Waals surface area contributed by atoms with Crippen LogP contribution in [0.2, 0.25) is 10.0 Å². The number of rotatable bonds is 2. The van der Waals surface area contributed by atoms with Crippen LogP contribution in [0.3, 0.4) is 0 Å². The lowest BCUT2D eigenvalue weighted by Crippen LogP contribution is -2.05. The molecule has 0 fully saturated rings. The fraction of sp³-hybridized carbons (Fsp3) is 0. The van der Waals surface area contributed by atoms with E-state index >= 15 is 0 Å². The van der Waals surface area contributed by atoms with E-state index in [0.29, 0.717) is 21.0 Å². The third-order valence-electron chi connectivity index (χ3n) is 3.29. The van der Waals surface area contributed by atoms with Crippen LogP contribution in [0.5, 0.6) is 0 Å². The molecular formula is C17H9Cl2FO. The van der Waals surface area contributed by atoms with Gasteiger partial charge >= 0.3 is 0 Å². The van der Waals surface area contributed by atoms with E-state index in [1.807, 2.05) is 18.2 Å². The summed E-state index contributed by atoms with van der Waals surface area (Å²) in [5.41, 5.74) is 0.353. The summed E-state index contributed by atoms with van der Waals surface area (Å²) in [6.07, 6.45) is 0. The molecule has 0 saturated carbocycles. The van der Waals surface area contributed by atoms with Crippen LogP contribution in [0.15, 0.2) is 54.6 Å². The van der Waals surface area contributed by atoms with Crippen LogP contribution in [0.1, 0.15) is 15.9 Å². The molecule has 0 saturated heterocycles. The first kappa shape index (κ1) is 14.1. The van der Waals surface area contributed by atoms with Crippen LogP contribution in [0.25, 0.3) is 10.8 Å². The zero-order valence-corrected chi connectivity index (χ0v) is 12.3. The normalized spacial score (nSPS) is 10.8. The SMILES string of the molecule is O=C(c1cc(Cl)ccc1F)c1ccc(Cl)c2ccccc12. The van der Waals surface area contributed by atoms with Gasteiger partial charge in [0.25, 0.3) is 0 Å². The minimum absolute atomic E-state index is 0.0463. The lowest BCUT2D eigenvalue weighted by Gasteiger charge is -2.08. The predicted molar refractivity (Wildman–Crippen MR) is 83.8 cm³/mol. The average molecular weight is 319 g/mol. The zero-order valence-electron chi connectivity index (χ0n) is 10.7. The van der Waals surface area contributed by atoms with Crippen molar-refractivity contribution in [1.82, 2.24) is 0 Å². The van der Waals surface area contributed by atoms with Gasteiger partial charge in [-0.05, 0) is 35.7 Å². The maximum absolute atomic E-state index is 13.9. The number of fused-ring (bicyclic) bond motifs is 1. The quantitative estimate of drug-likeness (QED) is 0.569. The molecule has 0 bridgehead atoms. The third kappa shape index (κ3) is 2.53. The Morgan fingerprint density at radius 3 is 2.33 bits per heavy atom. The first-order chi connectivity index (χ1) is 10.1. The van der Waals surface area contributed by atoms with Crippen molar-refractivity contribution in [2.45, 2.75) is 0 Å². The average Bonchev–Trinajstić information content (AvgIpc) is 2.50. The fourth-order valence-electron chi connectivity index (χ4n) is 2.28. The summed E-state index contributed by atoms with van der Waals surface area (Å²) in [5, 5.41) is 2.31. The Balaban J connectivity index is 2.23. The van der Waals surface area contributed by atoms with Crippen LogP contribution < -0.4 is 0 Å². The van der Waals surface area contributed by atoms with Gasteiger partial charge in [-0.15, -0.1) is 0 Å². The molecular weight excluding hydrogens is 310 g/mol. The highest BCUT2D eigenvalue weighted by Crippen LogP contribution is 2.29. The predicted octanol–water partition coefficient (Wildman–Crippen LogP) is 5.52. The summed E-state index contributed by atoms with van der Waals surface area (Å²) in [6, 6.07) is 14.4. The lowest BCUT2D eigenvalue weighted by molar-refractivity contribution is 0.103. The molecule has 104 valence electrons. The summed E-state index contributed by atoms with van der Waals surface area (Å²) < 4.78 is 13.9. The molecule has 1 nitrogen and oxygen atoms in total. The molecule has 3 aromatic rings. The molecule has 0 aromatic heterocycles. The lowest BCUT2D eigenvalue weighted by atomic mass is 9.97. The smallest absolute Gasteiger partial charge is 0.196 e.